The molecule has 0 aliphatic carbocycles. The summed E-state index contributed by atoms with van der Waals surface area (Å²) in [5, 5.41) is 9.34. The van der Waals surface area contributed by atoms with Gasteiger partial charge in [0.25, 0.3) is 0 Å². The zero-order valence-electron chi connectivity index (χ0n) is 11.1. The van der Waals surface area contributed by atoms with E-state index in [0.29, 0.717) is 16.7 Å². The smallest absolute Gasteiger partial charge is 0.313 e. The first-order valence-corrected chi connectivity index (χ1v) is 6.74. The molecule has 6 nitrogen and oxygen atoms in total. The van der Waals surface area contributed by atoms with Gasteiger partial charge in [-0.25, -0.2) is 4.98 Å². The third-order valence-corrected chi connectivity index (χ3v) is 3.50. The first-order chi connectivity index (χ1) is 9.63. The number of nitrogens with zero attached hydrogens (tertiary/aromatic N) is 2. The molecule has 0 radical (unpaired) electrons. The van der Waals surface area contributed by atoms with E-state index in [2.05, 4.69) is 4.98 Å². The van der Waals surface area contributed by atoms with Crippen LogP contribution in [0.4, 0.5) is 0 Å². The molecule has 0 aliphatic heterocycles. The molecule has 0 bridgehead atoms. The van der Waals surface area contributed by atoms with Crippen molar-refractivity contribution in [1.29, 1.82) is 0 Å². The molecule has 1 N–H and O–H groups in total. The van der Waals surface area contributed by atoms with Gasteiger partial charge >= 0.3 is 5.97 Å². The van der Waals surface area contributed by atoms with E-state index in [-0.39, 0.29) is 5.75 Å². The summed E-state index contributed by atoms with van der Waals surface area (Å²) in [6.07, 6.45) is 3.38. The summed E-state index contributed by atoms with van der Waals surface area (Å²) < 4.78 is 12.2. The minimum atomic E-state index is -0.882. The normalized spacial score (nSPS) is 10.3. The largest absolute Gasteiger partial charge is 0.497 e. The number of aromatic nitrogens is 2. The lowest BCUT2D eigenvalue weighted by molar-refractivity contribution is -0.133. The van der Waals surface area contributed by atoms with Crippen LogP contribution in [0.5, 0.6) is 11.5 Å². The number of rotatable bonds is 6. The van der Waals surface area contributed by atoms with Crippen LogP contribution in [0.15, 0.2) is 35.7 Å². The fourth-order valence-electron chi connectivity index (χ4n) is 1.65. The second-order valence-electron chi connectivity index (χ2n) is 3.83. The van der Waals surface area contributed by atoms with Crippen molar-refractivity contribution < 1.29 is 19.4 Å². The van der Waals surface area contributed by atoms with Crippen LogP contribution in [0.2, 0.25) is 0 Å². The van der Waals surface area contributed by atoms with Crippen molar-refractivity contribution >= 4 is 17.7 Å². The number of carbonyl (C=O) groups is 1. The van der Waals surface area contributed by atoms with Crippen molar-refractivity contribution in [2.45, 2.75) is 5.16 Å². The Morgan fingerprint density at radius 2 is 1.95 bits per heavy atom. The van der Waals surface area contributed by atoms with Crippen LogP contribution in [-0.2, 0) is 4.79 Å². The zero-order valence-corrected chi connectivity index (χ0v) is 11.9. The van der Waals surface area contributed by atoms with Crippen molar-refractivity contribution in [2.75, 3.05) is 20.0 Å². The number of carboxylic acid groups (broad SMARTS) is 1. The molecule has 106 valence electrons. The summed E-state index contributed by atoms with van der Waals surface area (Å²) in [7, 11) is 3.15. The predicted molar refractivity (Wildman–Crippen MR) is 75.0 cm³/mol. The summed E-state index contributed by atoms with van der Waals surface area (Å²) in [6.45, 7) is 0. The molecule has 0 saturated heterocycles. The number of methoxy groups -OCH3 is 2. The van der Waals surface area contributed by atoms with Gasteiger partial charge in [0.05, 0.1) is 25.7 Å². The maximum Gasteiger partial charge on any atom is 0.313 e. The van der Waals surface area contributed by atoms with Gasteiger partial charge in [-0.05, 0) is 0 Å². The molecule has 1 heterocycles. The second-order valence-corrected chi connectivity index (χ2v) is 4.78. The Bertz CT molecular complexity index is 590. The number of carboxylic acids is 1. The van der Waals surface area contributed by atoms with E-state index < -0.39 is 5.97 Å². The molecule has 0 fully saturated rings. The van der Waals surface area contributed by atoms with E-state index in [1.165, 1.54) is 0 Å². The van der Waals surface area contributed by atoms with Gasteiger partial charge in [0.15, 0.2) is 5.16 Å². The molecular formula is C13H14N2O4S. The Morgan fingerprint density at radius 3 is 2.50 bits per heavy atom. The Kier molecular flexibility index (Phi) is 4.52. The molecule has 0 aliphatic rings. The van der Waals surface area contributed by atoms with Crippen LogP contribution >= 0.6 is 11.8 Å². The fourth-order valence-corrected chi connectivity index (χ4v) is 2.34. The molecule has 1 aromatic heterocycles. The van der Waals surface area contributed by atoms with Gasteiger partial charge in [0.1, 0.15) is 11.5 Å². The van der Waals surface area contributed by atoms with Crippen LogP contribution in [0.25, 0.3) is 5.69 Å². The minimum absolute atomic E-state index is 0.0435. The molecule has 0 unspecified atom stereocenters. The molecule has 2 aromatic rings. The fraction of sp³-hybridized carbons (Fsp3) is 0.231. The highest BCUT2D eigenvalue weighted by atomic mass is 32.2. The van der Waals surface area contributed by atoms with Crippen molar-refractivity contribution in [3.8, 4) is 17.2 Å². The Hall–Kier alpha value is -2.15. The van der Waals surface area contributed by atoms with Crippen LogP contribution in [0, 0.1) is 0 Å². The molecular weight excluding hydrogens is 280 g/mol. The van der Waals surface area contributed by atoms with Crippen molar-refractivity contribution in [3.63, 3.8) is 0 Å². The lowest BCUT2D eigenvalue weighted by atomic mass is 10.2. The molecule has 20 heavy (non-hydrogen) atoms. The molecule has 0 amide bonds. The topological polar surface area (TPSA) is 73.6 Å². The zero-order chi connectivity index (χ0) is 14.5. The maximum atomic E-state index is 10.6. The average Bonchev–Trinajstić information content (AvgIpc) is 2.92. The van der Waals surface area contributed by atoms with E-state index in [1.807, 2.05) is 12.1 Å². The van der Waals surface area contributed by atoms with E-state index in [0.717, 1.165) is 17.4 Å². The Labute approximate surface area is 120 Å². The molecule has 0 spiro atoms. The first kappa shape index (κ1) is 14.3. The summed E-state index contributed by atoms with van der Waals surface area (Å²) >= 11 is 1.15. The highest BCUT2D eigenvalue weighted by Crippen LogP contribution is 2.27. The number of ether oxygens (including phenoxy) is 2. The third kappa shape index (κ3) is 3.24. The summed E-state index contributed by atoms with van der Waals surface area (Å²) in [4.78, 5) is 14.8. The average molecular weight is 294 g/mol. The molecule has 2 rings (SSSR count). The second kappa shape index (κ2) is 6.33. The lowest BCUT2D eigenvalue weighted by Gasteiger charge is -2.11. The summed E-state index contributed by atoms with van der Waals surface area (Å²) in [5.74, 6) is 0.384. The van der Waals surface area contributed by atoms with Crippen molar-refractivity contribution in [1.82, 2.24) is 9.55 Å². The highest BCUT2D eigenvalue weighted by Gasteiger charge is 2.10. The van der Waals surface area contributed by atoms with Crippen molar-refractivity contribution in [3.05, 3.63) is 30.6 Å². The monoisotopic (exact) mass is 294 g/mol. The number of benzene rings is 1. The van der Waals surface area contributed by atoms with E-state index in [4.69, 9.17) is 14.6 Å². The Morgan fingerprint density at radius 1 is 1.30 bits per heavy atom. The minimum Gasteiger partial charge on any atom is -0.497 e. The van der Waals surface area contributed by atoms with Gasteiger partial charge in [-0.15, -0.1) is 0 Å². The number of thioether (sulfide) groups is 1. The van der Waals surface area contributed by atoms with Gasteiger partial charge in [-0.3, -0.25) is 9.36 Å². The van der Waals surface area contributed by atoms with Gasteiger partial charge in [0, 0.05) is 30.6 Å². The standard InChI is InChI=1S/C13H14N2O4S/c1-18-10-5-9(6-11(7-10)19-2)15-4-3-14-13(15)20-8-12(16)17/h3-7H,8H2,1-2H3,(H,16,17). The van der Waals surface area contributed by atoms with Crippen molar-refractivity contribution in [2.24, 2.45) is 0 Å². The van der Waals surface area contributed by atoms with Gasteiger partial charge in [0.2, 0.25) is 0 Å². The number of imidazole rings is 1. The third-order valence-electron chi connectivity index (χ3n) is 2.55. The van der Waals surface area contributed by atoms with Crippen LogP contribution in [-0.4, -0.2) is 40.6 Å². The molecule has 1 aromatic carbocycles. The van der Waals surface area contributed by atoms with E-state index in [9.17, 15) is 4.79 Å². The van der Waals surface area contributed by atoms with E-state index in [1.54, 1.807) is 37.2 Å². The number of aliphatic carboxylic acids is 1. The van der Waals surface area contributed by atoms with Gasteiger partial charge in [-0.1, -0.05) is 11.8 Å². The first-order valence-electron chi connectivity index (χ1n) is 5.75. The predicted octanol–water partition coefficient (Wildman–Crippen LogP) is 2.07. The number of hydrogen-bond acceptors (Lipinski definition) is 5. The van der Waals surface area contributed by atoms with Crippen LogP contribution in [0.3, 0.4) is 0 Å². The summed E-state index contributed by atoms with van der Waals surface area (Å²) in [5.41, 5.74) is 0.798. The quantitative estimate of drug-likeness (QED) is 0.822. The van der Waals surface area contributed by atoms with Gasteiger partial charge < -0.3 is 14.6 Å². The lowest BCUT2D eigenvalue weighted by Crippen LogP contribution is -2.02. The van der Waals surface area contributed by atoms with Gasteiger partial charge in [-0.2, -0.15) is 0 Å². The van der Waals surface area contributed by atoms with Crippen LogP contribution in [0.1, 0.15) is 0 Å². The summed E-state index contributed by atoms with van der Waals surface area (Å²) in [6, 6.07) is 5.43. The van der Waals surface area contributed by atoms with E-state index >= 15 is 0 Å². The molecule has 7 heteroatoms. The SMILES string of the molecule is COc1cc(OC)cc(-n2ccnc2SCC(=O)O)c1. The Balaban J connectivity index is 2.36. The molecule has 0 atom stereocenters. The molecule has 0 saturated carbocycles. The highest BCUT2D eigenvalue weighted by molar-refractivity contribution is 7.99. The van der Waals surface area contributed by atoms with Crippen LogP contribution < -0.4 is 9.47 Å². The number of hydrogen-bond donors (Lipinski definition) is 1. The maximum absolute atomic E-state index is 10.6.